The minimum Gasteiger partial charge on any atom is -0.511 e. The molecule has 164 valence electrons. The number of carbonyl (C=O) groups is 3. The van der Waals surface area contributed by atoms with Gasteiger partial charge in [0.05, 0.1) is 12.5 Å². The molecule has 1 aliphatic carbocycles. The molecule has 0 saturated carbocycles. The van der Waals surface area contributed by atoms with Gasteiger partial charge in [0.2, 0.25) is 0 Å². The van der Waals surface area contributed by atoms with Crippen molar-refractivity contribution in [3.05, 3.63) is 72.0 Å². The molecule has 5 heteroatoms. The summed E-state index contributed by atoms with van der Waals surface area (Å²) in [6, 6.07) is 7.12. The van der Waals surface area contributed by atoms with Gasteiger partial charge in [-0.3, -0.25) is 14.4 Å². The number of methoxy groups -OCH3 is 1. The van der Waals surface area contributed by atoms with Gasteiger partial charge in [-0.1, -0.05) is 29.3 Å². The third-order valence-corrected chi connectivity index (χ3v) is 5.60. The molecule has 0 aromatic heterocycles. The van der Waals surface area contributed by atoms with E-state index in [1.807, 2.05) is 13.8 Å². The summed E-state index contributed by atoms with van der Waals surface area (Å²) in [6.07, 6.45) is 5.35. The largest absolute Gasteiger partial charge is 0.511 e. The highest BCUT2D eigenvalue weighted by Gasteiger charge is 2.51. The Bertz CT molecular complexity index is 946. The molecular formula is C26H30O5. The van der Waals surface area contributed by atoms with E-state index < -0.39 is 28.7 Å². The average molecular weight is 423 g/mol. The molecule has 1 N–H and O–H groups in total. The van der Waals surface area contributed by atoms with Crippen LogP contribution in [0.1, 0.15) is 45.1 Å². The molecule has 0 amide bonds. The number of carbonyl (C=O) groups excluding carboxylic acids is 3. The fourth-order valence-corrected chi connectivity index (χ4v) is 3.71. The Balaban J connectivity index is 2.40. The number of Topliss-reactive ketones (excluding diaryl/α,β-unsaturated/α-hetero) is 1. The first-order valence-corrected chi connectivity index (χ1v) is 10.3. The average Bonchev–Trinajstić information content (AvgIpc) is 2.71. The van der Waals surface area contributed by atoms with Crippen LogP contribution in [0.2, 0.25) is 0 Å². The van der Waals surface area contributed by atoms with Crippen LogP contribution in [-0.4, -0.2) is 29.6 Å². The fourth-order valence-electron chi connectivity index (χ4n) is 3.71. The fraction of sp³-hybridized carbons (Fsp3) is 0.346. The molecule has 5 nitrogen and oxygen atoms in total. The van der Waals surface area contributed by atoms with Gasteiger partial charge >= 0.3 is 0 Å². The van der Waals surface area contributed by atoms with Gasteiger partial charge in [0.1, 0.15) is 17.4 Å². The zero-order valence-corrected chi connectivity index (χ0v) is 18.4. The number of rotatable bonds is 10. The van der Waals surface area contributed by atoms with Gasteiger partial charge in [-0.2, -0.15) is 0 Å². The summed E-state index contributed by atoms with van der Waals surface area (Å²) in [6.45, 7) is 11.4. The molecule has 1 aromatic carbocycles. The van der Waals surface area contributed by atoms with E-state index in [0.29, 0.717) is 24.2 Å². The number of ether oxygens (including phenoxy) is 1. The van der Waals surface area contributed by atoms with E-state index in [-0.39, 0.29) is 18.6 Å². The lowest BCUT2D eigenvalue weighted by Gasteiger charge is -2.37. The van der Waals surface area contributed by atoms with Crippen LogP contribution in [0, 0.1) is 11.3 Å². The second-order valence-corrected chi connectivity index (χ2v) is 8.20. The van der Waals surface area contributed by atoms with Crippen LogP contribution in [0.25, 0.3) is 6.08 Å². The zero-order valence-electron chi connectivity index (χ0n) is 18.4. The van der Waals surface area contributed by atoms with E-state index in [9.17, 15) is 19.5 Å². The monoisotopic (exact) mass is 422 g/mol. The Hall–Kier alpha value is -3.21. The van der Waals surface area contributed by atoms with Gasteiger partial charge in [0, 0.05) is 11.6 Å². The van der Waals surface area contributed by atoms with Gasteiger partial charge in [0.15, 0.2) is 17.3 Å². The summed E-state index contributed by atoms with van der Waals surface area (Å²) in [5.41, 5.74) is 1.06. The van der Waals surface area contributed by atoms with Crippen molar-refractivity contribution in [3.8, 4) is 5.75 Å². The van der Waals surface area contributed by atoms with Crippen LogP contribution in [0.3, 0.4) is 0 Å². The number of para-hydroxylation sites is 1. The number of aliphatic hydroxyl groups is 1. The highest BCUT2D eigenvalue weighted by Crippen LogP contribution is 2.44. The van der Waals surface area contributed by atoms with Crippen LogP contribution in [0.15, 0.2) is 66.5 Å². The van der Waals surface area contributed by atoms with Crippen molar-refractivity contribution in [1.82, 2.24) is 0 Å². The van der Waals surface area contributed by atoms with Crippen LogP contribution in [0.5, 0.6) is 5.75 Å². The Morgan fingerprint density at radius 2 is 1.71 bits per heavy atom. The van der Waals surface area contributed by atoms with Gasteiger partial charge < -0.3 is 9.84 Å². The van der Waals surface area contributed by atoms with Crippen LogP contribution in [0.4, 0.5) is 0 Å². The molecule has 0 radical (unpaired) electrons. The maximum atomic E-state index is 13.5. The summed E-state index contributed by atoms with van der Waals surface area (Å²) >= 11 is 0. The van der Waals surface area contributed by atoms with Crippen LogP contribution in [-0.2, 0) is 14.4 Å². The normalized spacial score (nSPS) is 18.0. The van der Waals surface area contributed by atoms with E-state index in [1.54, 1.807) is 24.3 Å². The van der Waals surface area contributed by atoms with E-state index in [2.05, 4.69) is 13.2 Å². The van der Waals surface area contributed by atoms with Crippen molar-refractivity contribution < 1.29 is 24.2 Å². The number of hydrogen-bond donors (Lipinski definition) is 1. The molecule has 1 unspecified atom stereocenters. The smallest absolute Gasteiger partial charge is 0.177 e. The van der Waals surface area contributed by atoms with E-state index in [1.165, 1.54) is 19.3 Å². The first-order chi connectivity index (χ1) is 14.6. The van der Waals surface area contributed by atoms with E-state index in [0.717, 1.165) is 17.2 Å². The summed E-state index contributed by atoms with van der Waals surface area (Å²) in [4.78, 5) is 39.0. The predicted octanol–water partition coefficient (Wildman–Crippen LogP) is 5.19. The molecule has 31 heavy (non-hydrogen) atoms. The number of allylic oxidation sites excluding steroid dienone is 5. The molecule has 1 aliphatic rings. The Kier molecular flexibility index (Phi) is 7.92. The van der Waals surface area contributed by atoms with Crippen LogP contribution < -0.4 is 4.74 Å². The number of benzene rings is 1. The first-order valence-electron chi connectivity index (χ1n) is 10.3. The summed E-state index contributed by atoms with van der Waals surface area (Å²) in [5, 5.41) is 10.7. The van der Waals surface area contributed by atoms with Crippen molar-refractivity contribution in [2.24, 2.45) is 11.3 Å². The summed E-state index contributed by atoms with van der Waals surface area (Å²) in [7, 11) is 1.52. The third-order valence-electron chi connectivity index (χ3n) is 5.60. The lowest BCUT2D eigenvalue weighted by molar-refractivity contribution is -0.143. The Morgan fingerprint density at radius 3 is 2.26 bits per heavy atom. The van der Waals surface area contributed by atoms with Crippen molar-refractivity contribution >= 4 is 23.4 Å². The highest BCUT2D eigenvalue weighted by atomic mass is 16.5. The topological polar surface area (TPSA) is 80.7 Å². The van der Waals surface area contributed by atoms with E-state index in [4.69, 9.17) is 4.74 Å². The maximum absolute atomic E-state index is 13.5. The van der Waals surface area contributed by atoms with E-state index >= 15 is 0 Å². The quantitative estimate of drug-likeness (QED) is 0.319. The van der Waals surface area contributed by atoms with Crippen molar-refractivity contribution in [2.75, 3.05) is 7.11 Å². The van der Waals surface area contributed by atoms with Crippen LogP contribution >= 0.6 is 0 Å². The highest BCUT2D eigenvalue weighted by molar-refractivity contribution is 6.28. The molecular weight excluding hydrogens is 392 g/mol. The molecule has 2 rings (SSSR count). The predicted molar refractivity (Wildman–Crippen MR) is 122 cm³/mol. The molecule has 0 fully saturated rings. The molecule has 0 heterocycles. The summed E-state index contributed by atoms with van der Waals surface area (Å²) in [5.74, 6) is -3.05. The number of hydrogen-bond acceptors (Lipinski definition) is 5. The van der Waals surface area contributed by atoms with Gasteiger partial charge in [-0.05, 0) is 57.7 Å². The standard InChI is InChI=1S/C26H30O5/c1-17(2)12-14-26(15-13-18(3)4)23(29)16-21(28)24(25(26)30)20(27)11-10-19-8-6-7-9-22(19)31-5/h6-11,16,24,29H,1,3,12-15H2,2,4-5H3. The molecule has 0 bridgehead atoms. The number of ketones is 3. The van der Waals surface area contributed by atoms with Gasteiger partial charge in [0.25, 0.3) is 0 Å². The molecule has 1 atom stereocenters. The van der Waals surface area contributed by atoms with Gasteiger partial charge in [-0.15, -0.1) is 13.2 Å². The molecule has 0 aliphatic heterocycles. The Morgan fingerprint density at radius 1 is 1.13 bits per heavy atom. The van der Waals surface area contributed by atoms with Crippen molar-refractivity contribution in [3.63, 3.8) is 0 Å². The molecule has 0 spiro atoms. The lowest BCUT2D eigenvalue weighted by atomic mass is 9.64. The summed E-state index contributed by atoms with van der Waals surface area (Å²) < 4.78 is 5.27. The van der Waals surface area contributed by atoms with Crippen molar-refractivity contribution in [1.29, 1.82) is 0 Å². The lowest BCUT2D eigenvalue weighted by Crippen LogP contribution is -2.47. The minimum absolute atomic E-state index is 0.275. The zero-order chi connectivity index (χ0) is 23.2. The van der Waals surface area contributed by atoms with Gasteiger partial charge in [-0.25, -0.2) is 0 Å². The minimum atomic E-state index is -1.47. The second kappa shape index (κ2) is 10.2. The maximum Gasteiger partial charge on any atom is 0.177 e. The third kappa shape index (κ3) is 5.48. The second-order valence-electron chi connectivity index (χ2n) is 8.20. The Labute approximate surface area is 183 Å². The number of aliphatic hydroxyl groups excluding tert-OH is 1. The molecule has 1 aromatic rings. The molecule has 0 saturated heterocycles. The SMILES string of the molecule is C=C(C)CCC1(CCC(=C)C)C(=O)C(C(=O)C=Cc2ccccc2OC)C(=O)C=C1O. The van der Waals surface area contributed by atoms with Crippen molar-refractivity contribution in [2.45, 2.75) is 39.5 Å². The first kappa shape index (κ1) is 24.1.